The molecule has 0 atom stereocenters. The largest absolute Gasteiger partial charge is 0.316 e. The Kier molecular flexibility index (Phi) is 3.43. The fourth-order valence-electron chi connectivity index (χ4n) is 1.80. The molecule has 0 fully saturated rings. The minimum absolute atomic E-state index is 0.244. The van der Waals surface area contributed by atoms with Crippen molar-refractivity contribution in [3.05, 3.63) is 59.4 Å². The van der Waals surface area contributed by atoms with E-state index < -0.39 is 0 Å². The Bertz CT molecular complexity index is 722. The van der Waals surface area contributed by atoms with Crippen molar-refractivity contribution in [2.45, 2.75) is 6.92 Å². The number of nitrogens with one attached hydrogen (secondary N) is 1. The van der Waals surface area contributed by atoms with E-state index in [0.29, 0.717) is 0 Å². The van der Waals surface area contributed by atoms with Gasteiger partial charge in [-0.25, -0.2) is 14.4 Å². The lowest BCUT2D eigenvalue weighted by Gasteiger charge is -2.01. The Morgan fingerprint density at radius 3 is 2.70 bits per heavy atom. The number of hydrogen-bond donors (Lipinski definition) is 1. The van der Waals surface area contributed by atoms with Crippen molar-refractivity contribution in [1.29, 1.82) is 0 Å². The maximum atomic E-state index is 12.9. The van der Waals surface area contributed by atoms with E-state index in [4.69, 9.17) is 0 Å². The summed E-state index contributed by atoms with van der Waals surface area (Å²) in [6.07, 6.45) is 1.76. The first-order valence-electron chi connectivity index (χ1n) is 6.12. The average Bonchev–Trinajstić information content (AvgIpc) is 2.88. The maximum Gasteiger partial charge on any atom is 0.188 e. The Morgan fingerprint density at radius 2 is 1.95 bits per heavy atom. The minimum Gasteiger partial charge on any atom is -0.316 e. The molecule has 0 spiro atoms. The lowest BCUT2D eigenvalue weighted by molar-refractivity contribution is 0.628. The fraction of sp³-hybridized carbons (Fsp3) is 0.0667. The molecule has 0 saturated carbocycles. The summed E-state index contributed by atoms with van der Waals surface area (Å²) < 4.78 is 12.9. The van der Waals surface area contributed by atoms with Crippen molar-refractivity contribution in [3.63, 3.8) is 0 Å². The smallest absolute Gasteiger partial charge is 0.188 e. The molecule has 1 aromatic carbocycles. The van der Waals surface area contributed by atoms with Crippen molar-refractivity contribution < 1.29 is 4.39 Å². The van der Waals surface area contributed by atoms with Gasteiger partial charge in [-0.3, -0.25) is 0 Å². The van der Waals surface area contributed by atoms with Crippen molar-refractivity contribution in [1.82, 2.24) is 9.97 Å². The van der Waals surface area contributed by atoms with Crippen LogP contribution in [0, 0.1) is 12.7 Å². The van der Waals surface area contributed by atoms with E-state index in [-0.39, 0.29) is 5.82 Å². The van der Waals surface area contributed by atoms with Crippen LogP contribution in [0.3, 0.4) is 0 Å². The number of anilines is 2. The number of rotatable bonds is 3. The van der Waals surface area contributed by atoms with Crippen molar-refractivity contribution in [2.24, 2.45) is 0 Å². The highest BCUT2D eigenvalue weighted by Crippen LogP contribution is 2.26. The molecule has 3 aromatic rings. The van der Waals surface area contributed by atoms with Gasteiger partial charge in [-0.15, -0.1) is 11.3 Å². The molecule has 0 unspecified atom stereocenters. The lowest BCUT2D eigenvalue weighted by Crippen LogP contribution is -1.93. The fourth-order valence-corrected chi connectivity index (χ4v) is 2.53. The third kappa shape index (κ3) is 2.83. The highest BCUT2D eigenvalue weighted by molar-refractivity contribution is 7.14. The Hall–Kier alpha value is -2.27. The molecule has 20 heavy (non-hydrogen) atoms. The monoisotopic (exact) mass is 285 g/mol. The van der Waals surface area contributed by atoms with Crippen LogP contribution in [0.25, 0.3) is 11.3 Å². The molecule has 0 bridgehead atoms. The molecule has 2 heterocycles. The second kappa shape index (κ2) is 5.38. The number of aryl methyl sites for hydroxylation is 1. The molecule has 2 aromatic heterocycles. The van der Waals surface area contributed by atoms with E-state index in [1.807, 2.05) is 24.4 Å². The van der Waals surface area contributed by atoms with Gasteiger partial charge in [-0.1, -0.05) is 0 Å². The van der Waals surface area contributed by atoms with Gasteiger partial charge in [-0.2, -0.15) is 0 Å². The van der Waals surface area contributed by atoms with Gasteiger partial charge in [0.1, 0.15) is 11.6 Å². The molecule has 0 aliphatic heterocycles. The molecule has 0 radical (unpaired) electrons. The van der Waals surface area contributed by atoms with Gasteiger partial charge in [-0.05, 0) is 48.9 Å². The number of nitrogens with zero attached hydrogens (tertiary/aromatic N) is 2. The first-order valence-corrected chi connectivity index (χ1v) is 7.00. The average molecular weight is 285 g/mol. The third-order valence-corrected chi connectivity index (χ3v) is 3.55. The summed E-state index contributed by atoms with van der Waals surface area (Å²) in [4.78, 5) is 8.71. The second-order valence-corrected chi connectivity index (χ2v) is 5.25. The third-order valence-electron chi connectivity index (χ3n) is 2.79. The summed E-state index contributed by atoms with van der Waals surface area (Å²) in [7, 11) is 0. The van der Waals surface area contributed by atoms with Crippen LogP contribution in [-0.4, -0.2) is 9.97 Å². The van der Waals surface area contributed by atoms with Crippen LogP contribution < -0.4 is 5.32 Å². The molecule has 0 aliphatic carbocycles. The number of pyridine rings is 1. The molecule has 5 heteroatoms. The number of hydrogen-bond acceptors (Lipinski definition) is 4. The zero-order chi connectivity index (χ0) is 13.9. The van der Waals surface area contributed by atoms with Crippen LogP contribution in [0.5, 0.6) is 0 Å². The van der Waals surface area contributed by atoms with E-state index in [9.17, 15) is 4.39 Å². The van der Waals surface area contributed by atoms with Gasteiger partial charge < -0.3 is 5.32 Å². The zero-order valence-electron chi connectivity index (χ0n) is 10.8. The normalized spacial score (nSPS) is 10.5. The topological polar surface area (TPSA) is 37.8 Å². The summed E-state index contributed by atoms with van der Waals surface area (Å²) in [5, 5.41) is 5.87. The number of benzene rings is 1. The van der Waals surface area contributed by atoms with Crippen LogP contribution >= 0.6 is 11.3 Å². The van der Waals surface area contributed by atoms with Crippen LogP contribution in [0.4, 0.5) is 15.3 Å². The Labute approximate surface area is 120 Å². The SMILES string of the molecule is Cc1ccnc(Nc2nc(-c3ccc(F)cc3)cs2)c1. The Balaban J connectivity index is 1.82. The number of aromatic nitrogens is 2. The minimum atomic E-state index is -0.244. The first kappa shape index (κ1) is 12.7. The summed E-state index contributed by atoms with van der Waals surface area (Å²) in [5.74, 6) is 0.524. The van der Waals surface area contributed by atoms with Gasteiger partial charge in [0, 0.05) is 17.1 Å². The van der Waals surface area contributed by atoms with Crippen molar-refractivity contribution in [3.8, 4) is 11.3 Å². The molecule has 0 amide bonds. The molecule has 1 N–H and O–H groups in total. The molecule has 0 saturated heterocycles. The molecule has 3 nitrogen and oxygen atoms in total. The van der Waals surface area contributed by atoms with Crippen LogP contribution in [-0.2, 0) is 0 Å². The van der Waals surface area contributed by atoms with Crippen LogP contribution in [0.1, 0.15) is 5.56 Å². The van der Waals surface area contributed by atoms with Gasteiger partial charge >= 0.3 is 0 Å². The summed E-state index contributed by atoms with van der Waals surface area (Å²) >= 11 is 1.49. The van der Waals surface area contributed by atoms with Crippen molar-refractivity contribution >= 4 is 22.3 Å². The van der Waals surface area contributed by atoms with Gasteiger partial charge in [0.2, 0.25) is 0 Å². The van der Waals surface area contributed by atoms with E-state index in [2.05, 4.69) is 15.3 Å². The van der Waals surface area contributed by atoms with Crippen molar-refractivity contribution in [2.75, 3.05) is 5.32 Å². The van der Waals surface area contributed by atoms with Gasteiger partial charge in [0.05, 0.1) is 5.69 Å². The Morgan fingerprint density at radius 1 is 1.15 bits per heavy atom. The highest BCUT2D eigenvalue weighted by Gasteiger charge is 2.05. The predicted octanol–water partition coefficient (Wildman–Crippen LogP) is 4.40. The summed E-state index contributed by atoms with van der Waals surface area (Å²) in [6.45, 7) is 2.01. The maximum absolute atomic E-state index is 12.9. The summed E-state index contributed by atoms with van der Waals surface area (Å²) in [6, 6.07) is 10.2. The van der Waals surface area contributed by atoms with E-state index in [1.165, 1.54) is 23.5 Å². The predicted molar refractivity (Wildman–Crippen MR) is 79.8 cm³/mol. The zero-order valence-corrected chi connectivity index (χ0v) is 11.6. The van der Waals surface area contributed by atoms with E-state index in [1.54, 1.807) is 18.3 Å². The lowest BCUT2D eigenvalue weighted by atomic mass is 10.2. The molecule has 3 rings (SSSR count). The molecular weight excluding hydrogens is 273 g/mol. The van der Waals surface area contributed by atoms with Gasteiger partial charge in [0.25, 0.3) is 0 Å². The molecular formula is C15H12FN3S. The van der Waals surface area contributed by atoms with E-state index >= 15 is 0 Å². The first-order chi connectivity index (χ1) is 9.70. The van der Waals surface area contributed by atoms with Crippen LogP contribution in [0.15, 0.2) is 48.0 Å². The van der Waals surface area contributed by atoms with Gasteiger partial charge in [0.15, 0.2) is 5.13 Å². The van der Waals surface area contributed by atoms with Crippen LogP contribution in [0.2, 0.25) is 0 Å². The highest BCUT2D eigenvalue weighted by atomic mass is 32.1. The number of thiazole rings is 1. The van der Waals surface area contributed by atoms with E-state index in [0.717, 1.165) is 27.8 Å². The quantitative estimate of drug-likeness (QED) is 0.775. The second-order valence-electron chi connectivity index (χ2n) is 4.39. The molecule has 100 valence electrons. The molecule has 0 aliphatic rings. The summed E-state index contributed by atoms with van der Waals surface area (Å²) in [5.41, 5.74) is 2.86. The standard InChI is InChI=1S/C15H12FN3S/c1-10-6-7-17-14(8-10)19-15-18-13(9-20-15)11-2-4-12(16)5-3-11/h2-9H,1H3,(H,17,18,19). The number of halogens is 1.